The smallest absolute Gasteiger partial charge is 0.261 e. The molecule has 0 radical (unpaired) electrons. The van der Waals surface area contributed by atoms with Gasteiger partial charge in [-0.1, -0.05) is 12.1 Å². The topological polar surface area (TPSA) is 88.7 Å². The Hall–Kier alpha value is -3.91. The predicted molar refractivity (Wildman–Crippen MR) is 128 cm³/mol. The van der Waals surface area contributed by atoms with Gasteiger partial charge in [-0.05, 0) is 44.4 Å². The number of hydrogen-bond donors (Lipinski definition) is 1. The zero-order chi connectivity index (χ0) is 23.3. The second-order valence-corrected chi connectivity index (χ2v) is 8.22. The third-order valence-corrected chi connectivity index (χ3v) is 5.94. The normalized spacial score (nSPS) is 12.8. The van der Waals surface area contributed by atoms with Crippen LogP contribution < -0.4 is 20.4 Å². The van der Waals surface area contributed by atoms with E-state index in [0.717, 1.165) is 10.9 Å². The van der Waals surface area contributed by atoms with Gasteiger partial charge in [0.1, 0.15) is 0 Å². The minimum atomic E-state index is -0.216. The lowest BCUT2D eigenvalue weighted by Crippen LogP contribution is -2.27. The average molecular weight is 444 g/mol. The molecule has 5 rings (SSSR count). The Balaban J connectivity index is 1.73. The number of pyridine rings is 1. The van der Waals surface area contributed by atoms with Crippen LogP contribution in [-0.2, 0) is 6.54 Å². The fraction of sp³-hybridized carbons (Fsp3) is 0.240. The third-order valence-electron chi connectivity index (χ3n) is 5.94. The van der Waals surface area contributed by atoms with E-state index in [2.05, 4.69) is 0 Å². The molecule has 33 heavy (non-hydrogen) atoms. The fourth-order valence-corrected chi connectivity index (χ4v) is 4.26. The van der Waals surface area contributed by atoms with Gasteiger partial charge in [0.25, 0.3) is 5.56 Å². The first-order valence-electron chi connectivity index (χ1n) is 10.6. The summed E-state index contributed by atoms with van der Waals surface area (Å²) in [7, 11) is 7.03. The molecule has 1 N–H and O–H groups in total. The van der Waals surface area contributed by atoms with Crippen molar-refractivity contribution in [3.8, 4) is 17.4 Å². The lowest BCUT2D eigenvalue weighted by atomic mass is 10.0. The standard InChI is InChI=1S/C25H24N4O4/c1-28(2)10-11-29-24(30)16-7-5-6-15-21(16)17(25(29)31)13-18-22(15)27-23(26-18)14-8-9-19(32-3)20(12-14)33-4/h5-9,12-13,31H,10-11H2,1-4H3. The van der Waals surface area contributed by atoms with Crippen LogP contribution in [0, 0.1) is 0 Å². The van der Waals surface area contributed by atoms with Crippen LogP contribution in [-0.4, -0.2) is 55.3 Å². The van der Waals surface area contributed by atoms with E-state index < -0.39 is 0 Å². The lowest BCUT2D eigenvalue weighted by Gasteiger charge is -2.16. The van der Waals surface area contributed by atoms with Gasteiger partial charge in [0.15, 0.2) is 17.3 Å². The van der Waals surface area contributed by atoms with Crippen LogP contribution in [0.1, 0.15) is 5.56 Å². The molecule has 2 heterocycles. The number of nitrogens with zero attached hydrogens (tertiary/aromatic N) is 4. The summed E-state index contributed by atoms with van der Waals surface area (Å²) in [5.41, 5.74) is 1.21. The van der Waals surface area contributed by atoms with Crippen molar-refractivity contribution in [1.82, 2.24) is 9.47 Å². The van der Waals surface area contributed by atoms with Gasteiger partial charge < -0.3 is 19.5 Å². The van der Waals surface area contributed by atoms with Crippen LogP contribution in [0.2, 0.25) is 0 Å². The number of amidine groups is 1. The quantitative estimate of drug-likeness (QED) is 0.494. The molecule has 8 nitrogen and oxygen atoms in total. The van der Waals surface area contributed by atoms with Gasteiger partial charge in [0.05, 0.1) is 25.3 Å². The summed E-state index contributed by atoms with van der Waals surface area (Å²) in [6.45, 7) is 1.01. The van der Waals surface area contributed by atoms with E-state index in [-0.39, 0.29) is 11.4 Å². The highest BCUT2D eigenvalue weighted by molar-refractivity contribution is 6.14. The van der Waals surface area contributed by atoms with Crippen molar-refractivity contribution in [1.29, 1.82) is 0 Å². The highest BCUT2D eigenvalue weighted by Gasteiger charge is 2.21. The molecule has 168 valence electrons. The molecule has 0 saturated carbocycles. The highest BCUT2D eigenvalue weighted by Crippen LogP contribution is 2.34. The monoisotopic (exact) mass is 444 g/mol. The van der Waals surface area contributed by atoms with Gasteiger partial charge in [-0.25, -0.2) is 9.98 Å². The van der Waals surface area contributed by atoms with Crippen molar-refractivity contribution in [2.24, 2.45) is 9.98 Å². The lowest BCUT2D eigenvalue weighted by molar-refractivity contribution is 0.353. The minimum Gasteiger partial charge on any atom is -0.494 e. The molecule has 4 aromatic rings. The number of fused-ring (bicyclic) bond motifs is 2. The average Bonchev–Trinajstić information content (AvgIpc) is 3.26. The van der Waals surface area contributed by atoms with E-state index in [4.69, 9.17) is 19.5 Å². The summed E-state index contributed by atoms with van der Waals surface area (Å²) in [5, 5.41) is 14.4. The summed E-state index contributed by atoms with van der Waals surface area (Å²) in [4.78, 5) is 24.7. The van der Waals surface area contributed by atoms with E-state index in [1.807, 2.05) is 55.4 Å². The zero-order valence-corrected chi connectivity index (χ0v) is 18.9. The molecule has 0 aliphatic carbocycles. The van der Waals surface area contributed by atoms with Gasteiger partial charge in [0.2, 0.25) is 5.88 Å². The number of aromatic nitrogens is 1. The number of hydrogen-bond acceptors (Lipinski definition) is 7. The third kappa shape index (κ3) is 3.30. The Morgan fingerprint density at radius 1 is 0.970 bits per heavy atom. The maximum atomic E-state index is 13.2. The SMILES string of the molecule is COc1ccc(C2=Nc3cc4c(O)n(CCN(C)C)c(=O)c5cccc(c3=N2)c45)cc1OC. The molecule has 1 aliphatic rings. The largest absolute Gasteiger partial charge is 0.494 e. The maximum Gasteiger partial charge on any atom is 0.261 e. The minimum absolute atomic E-state index is 0.0527. The van der Waals surface area contributed by atoms with E-state index >= 15 is 0 Å². The fourth-order valence-electron chi connectivity index (χ4n) is 4.26. The van der Waals surface area contributed by atoms with E-state index in [9.17, 15) is 9.90 Å². The number of methoxy groups -OCH3 is 2. The summed E-state index contributed by atoms with van der Waals surface area (Å²) in [6, 6.07) is 12.9. The molecule has 0 bridgehead atoms. The summed E-state index contributed by atoms with van der Waals surface area (Å²) < 4.78 is 12.2. The van der Waals surface area contributed by atoms with Crippen molar-refractivity contribution in [2.45, 2.75) is 6.54 Å². The first-order valence-corrected chi connectivity index (χ1v) is 10.6. The molecule has 0 amide bonds. The first-order chi connectivity index (χ1) is 15.9. The molecular formula is C25H24N4O4. The number of ether oxygens (including phenoxy) is 2. The Morgan fingerprint density at radius 2 is 1.73 bits per heavy atom. The van der Waals surface area contributed by atoms with Crippen LogP contribution >= 0.6 is 0 Å². The Labute approximate surface area is 190 Å². The number of aliphatic imine (C=N–C) groups is 1. The molecule has 0 spiro atoms. The van der Waals surface area contributed by atoms with Gasteiger partial charge in [-0.15, -0.1) is 0 Å². The number of likely N-dealkylation sites (N-methyl/N-ethyl adjacent to an activating group) is 1. The number of rotatable bonds is 6. The molecule has 0 unspecified atom stereocenters. The first kappa shape index (κ1) is 21.0. The predicted octanol–water partition coefficient (Wildman–Crippen LogP) is 2.87. The van der Waals surface area contributed by atoms with Crippen LogP contribution in [0.5, 0.6) is 17.4 Å². The van der Waals surface area contributed by atoms with Crippen molar-refractivity contribution in [3.05, 3.63) is 63.7 Å². The molecule has 3 aromatic carbocycles. The maximum absolute atomic E-state index is 13.2. The van der Waals surface area contributed by atoms with Crippen LogP contribution in [0.25, 0.3) is 21.5 Å². The number of aromatic hydroxyl groups is 1. The molecular weight excluding hydrogens is 420 g/mol. The molecule has 0 fully saturated rings. The Kier molecular flexibility index (Phi) is 5.02. The van der Waals surface area contributed by atoms with Crippen molar-refractivity contribution >= 4 is 33.1 Å². The van der Waals surface area contributed by atoms with E-state index in [0.29, 0.717) is 57.6 Å². The Morgan fingerprint density at radius 3 is 2.45 bits per heavy atom. The molecule has 0 saturated heterocycles. The van der Waals surface area contributed by atoms with Gasteiger partial charge in [-0.2, -0.15) is 0 Å². The van der Waals surface area contributed by atoms with Gasteiger partial charge in [0, 0.05) is 40.2 Å². The Bertz CT molecular complexity index is 1550. The summed E-state index contributed by atoms with van der Waals surface area (Å²) >= 11 is 0. The van der Waals surface area contributed by atoms with E-state index in [1.54, 1.807) is 20.3 Å². The van der Waals surface area contributed by atoms with Crippen LogP contribution in [0.4, 0.5) is 5.69 Å². The molecule has 1 aliphatic heterocycles. The second-order valence-electron chi connectivity index (χ2n) is 8.22. The highest BCUT2D eigenvalue weighted by atomic mass is 16.5. The molecule has 1 aromatic heterocycles. The molecule has 8 heteroatoms. The van der Waals surface area contributed by atoms with Crippen molar-refractivity contribution in [2.75, 3.05) is 34.9 Å². The van der Waals surface area contributed by atoms with Crippen molar-refractivity contribution in [3.63, 3.8) is 0 Å². The van der Waals surface area contributed by atoms with E-state index in [1.165, 1.54) is 4.57 Å². The number of benzene rings is 3. The zero-order valence-electron chi connectivity index (χ0n) is 18.9. The van der Waals surface area contributed by atoms with Gasteiger partial charge >= 0.3 is 0 Å². The second kappa shape index (κ2) is 7.90. The summed E-state index contributed by atoms with van der Waals surface area (Å²) in [6.07, 6.45) is 0. The van der Waals surface area contributed by atoms with Crippen molar-refractivity contribution < 1.29 is 14.6 Å². The van der Waals surface area contributed by atoms with Crippen LogP contribution in [0.15, 0.2) is 57.2 Å². The molecule has 0 atom stereocenters. The van der Waals surface area contributed by atoms with Crippen LogP contribution in [0.3, 0.4) is 0 Å². The summed E-state index contributed by atoms with van der Waals surface area (Å²) in [5.74, 6) is 1.69. The van der Waals surface area contributed by atoms with Gasteiger partial charge in [-0.3, -0.25) is 9.36 Å².